The quantitative estimate of drug-likeness (QED) is 0.0926. The number of hydrogen-bond donors (Lipinski definition) is 2. The number of anilines is 2. The van der Waals surface area contributed by atoms with Crippen LogP contribution in [0.15, 0.2) is 119 Å². The fraction of sp³-hybridized carbons (Fsp3) is 0.483. The number of carbonyl (C=O) groups excluding carboxylic acids is 2. The van der Waals surface area contributed by atoms with Crippen molar-refractivity contribution < 1.29 is 40.3 Å². The Morgan fingerprint density at radius 2 is 1.01 bits per heavy atom. The number of aromatic nitrogens is 6. The zero-order valence-electron chi connectivity index (χ0n) is 46.4. The molecular formula is C58H71FN10O8S4. The number of hydrogen-bond acceptors (Lipinski definition) is 14. The molecule has 8 fully saturated rings. The lowest BCUT2D eigenvalue weighted by molar-refractivity contribution is -0.226. The summed E-state index contributed by atoms with van der Waals surface area (Å²) in [6.07, 6.45) is 12.4. The van der Waals surface area contributed by atoms with Crippen LogP contribution in [0.1, 0.15) is 120 Å². The van der Waals surface area contributed by atoms with Crippen LogP contribution in [-0.2, 0) is 20.0 Å². The Morgan fingerprint density at radius 3 is 1.38 bits per heavy atom. The maximum absolute atomic E-state index is 13.8. The van der Waals surface area contributed by atoms with E-state index in [2.05, 4.69) is 71.0 Å². The monoisotopic (exact) mass is 1180 g/mol. The summed E-state index contributed by atoms with van der Waals surface area (Å²) in [6, 6.07) is 25.8. The summed E-state index contributed by atoms with van der Waals surface area (Å²) < 4.78 is 85.1. The van der Waals surface area contributed by atoms with Crippen molar-refractivity contribution in [3.63, 3.8) is 0 Å². The number of nitrogens with one attached hydrogen (secondary N) is 2. The van der Waals surface area contributed by atoms with Crippen LogP contribution in [-0.4, -0.2) is 101 Å². The van der Waals surface area contributed by atoms with E-state index in [9.17, 15) is 30.8 Å². The Labute approximate surface area is 487 Å². The third-order valence-electron chi connectivity index (χ3n) is 17.8. The highest BCUT2D eigenvalue weighted by Crippen LogP contribution is 2.92. The molecule has 2 spiro atoms. The van der Waals surface area contributed by atoms with Crippen LogP contribution in [0.2, 0.25) is 0 Å². The van der Waals surface area contributed by atoms with Gasteiger partial charge in [-0.25, -0.2) is 50.0 Å². The molecule has 2 atom stereocenters. The zero-order valence-corrected chi connectivity index (χ0v) is 50.0. The average molecular weight is 1180 g/mol. The van der Waals surface area contributed by atoms with Gasteiger partial charge in [0.1, 0.15) is 17.3 Å². The molecule has 0 unspecified atom stereocenters. The molecule has 81 heavy (non-hydrogen) atoms. The summed E-state index contributed by atoms with van der Waals surface area (Å²) in [5.41, 5.74) is -0.0759. The number of nitrogens with zero attached hydrogens (tertiary/aromatic N) is 8. The smallest absolute Gasteiger partial charge is 0.268 e. The molecule has 6 saturated carbocycles. The highest BCUT2D eigenvalue weighted by Gasteiger charge is 2.86. The normalized spacial score (nSPS) is 24.5. The van der Waals surface area contributed by atoms with E-state index in [0.29, 0.717) is 109 Å². The number of amides is 2. The molecule has 2 saturated heterocycles. The predicted molar refractivity (Wildman–Crippen MR) is 314 cm³/mol. The molecule has 8 aliphatic rings. The van der Waals surface area contributed by atoms with Gasteiger partial charge < -0.3 is 19.3 Å². The highest BCUT2D eigenvalue weighted by molar-refractivity contribution is 7.90. The second kappa shape index (κ2) is 20.6. The number of fused-ring (bicyclic) bond motifs is 1. The minimum absolute atomic E-state index is 0. The van der Waals surface area contributed by atoms with Crippen molar-refractivity contribution in [3.8, 4) is 23.4 Å². The van der Waals surface area contributed by atoms with Gasteiger partial charge in [0.15, 0.2) is 11.6 Å². The van der Waals surface area contributed by atoms with E-state index in [1.165, 1.54) is 49.9 Å². The molecule has 2 amide bonds. The van der Waals surface area contributed by atoms with Gasteiger partial charge in [0.25, 0.3) is 31.9 Å². The lowest BCUT2D eigenvalue weighted by Gasteiger charge is -2.65. The molecule has 2 aliphatic heterocycles. The minimum Gasteiger partial charge on any atom is -0.476 e. The van der Waals surface area contributed by atoms with Crippen molar-refractivity contribution in [2.24, 2.45) is 34.0 Å². The van der Waals surface area contributed by atoms with Crippen molar-refractivity contribution in [2.75, 3.05) is 36.1 Å². The lowest BCUT2D eigenvalue weighted by Crippen LogP contribution is -2.66. The van der Waals surface area contributed by atoms with Gasteiger partial charge in [0.2, 0.25) is 11.8 Å². The van der Waals surface area contributed by atoms with Crippen molar-refractivity contribution in [2.45, 2.75) is 126 Å². The van der Waals surface area contributed by atoms with Crippen molar-refractivity contribution in [1.29, 1.82) is 0 Å². The molecule has 0 radical (unpaired) electrons. The molecular weight excluding hydrogens is 1110 g/mol. The van der Waals surface area contributed by atoms with Gasteiger partial charge in [-0.15, -0.1) is 10.2 Å². The Bertz CT molecular complexity index is 3570. The van der Waals surface area contributed by atoms with Gasteiger partial charge in [0, 0.05) is 60.0 Å². The van der Waals surface area contributed by atoms with Gasteiger partial charge in [-0.05, 0) is 157 Å². The van der Waals surface area contributed by atoms with Crippen LogP contribution in [0.3, 0.4) is 0 Å². The first kappa shape index (κ1) is 58.0. The number of carbonyl (C=O) groups is 2. The number of rotatable bonds is 16. The topological polar surface area (TPSA) is 213 Å². The third-order valence-corrected chi connectivity index (χ3v) is 20.5. The first-order chi connectivity index (χ1) is 37.4. The highest BCUT2D eigenvalue weighted by atomic mass is 32.2. The summed E-state index contributed by atoms with van der Waals surface area (Å²) in [6.45, 7) is 15.2. The molecule has 2 bridgehead atoms. The second-order valence-electron chi connectivity index (χ2n) is 24.9. The summed E-state index contributed by atoms with van der Waals surface area (Å²) >= 11 is 0. The summed E-state index contributed by atoms with van der Waals surface area (Å²) in [4.78, 5) is 40.7. The van der Waals surface area contributed by atoms with E-state index < -0.39 is 37.5 Å². The molecule has 2 aromatic carbocycles. The van der Waals surface area contributed by atoms with E-state index in [-0.39, 0.29) is 64.4 Å². The number of sulfonamides is 2. The van der Waals surface area contributed by atoms with Crippen molar-refractivity contribution >= 4 is 70.5 Å². The van der Waals surface area contributed by atoms with Crippen LogP contribution in [0.5, 0.6) is 11.8 Å². The average Bonchev–Trinajstić information content (AvgIpc) is 2.88. The van der Waals surface area contributed by atoms with Crippen LogP contribution in [0.4, 0.5) is 16.0 Å². The SMILES string of the molecule is C[C@@H]1CN(c2nc(-n3ccc(OCC45CC(F)(C4)C5)n3)ccc2C(=O)NS(=O)(=O)c2ccccc2)C(C)(C)C1.C[C@@H]1CN(c2nc(-n3ccc(OCC4C5(CC5)C45CC5)n3)ccc2C(=O)NS(=O)(=O)c2ccccc2)C(C)(C)C1.S.S. The van der Waals surface area contributed by atoms with Gasteiger partial charge >= 0.3 is 0 Å². The number of pyridine rings is 2. The maximum atomic E-state index is 13.8. The predicted octanol–water partition coefficient (Wildman–Crippen LogP) is 9.09. The Hall–Kier alpha value is -6.17. The minimum atomic E-state index is -4.07. The first-order valence-corrected chi connectivity index (χ1v) is 30.3. The van der Waals surface area contributed by atoms with E-state index in [1.807, 2.05) is 12.3 Å². The van der Waals surface area contributed by atoms with Gasteiger partial charge in [-0.3, -0.25) is 9.59 Å². The third kappa shape index (κ3) is 10.8. The molecule has 18 nitrogen and oxygen atoms in total. The standard InChI is InChI=1S/C30H35N5O4S.C28H32FN5O4S.2H2S/c1-20-17-28(2,3)34(18-20)26-22(27(36)33-40(37,38)21-7-5-4-6-8-21)9-10-24(31-26)35-16-11-25(32-35)39-19-23-29(12-13-29)30(23)14-15-30;1-19-13-26(2,3)33(14-19)24-21(25(35)32-39(36,37)20-7-5-4-6-8-20)9-10-22(30-24)34-12-11-23(31-34)38-18-27-15-28(29,16-27)17-27;;/h4-11,16,20,23H,12-15,17-19H2,1-3H3,(H,33,36);4-12,19H,13-18H2,1-3H3,(H,32,35);2*1H2/t20-;19-,27?,28?;;/m00../s1. The first-order valence-electron chi connectivity index (χ1n) is 27.3. The molecule has 6 aliphatic carbocycles. The number of halogens is 1. The molecule has 432 valence electrons. The van der Waals surface area contributed by atoms with Crippen molar-refractivity contribution in [1.82, 2.24) is 39.0 Å². The summed E-state index contributed by atoms with van der Waals surface area (Å²) in [5, 5.41) is 9.12. The fourth-order valence-electron chi connectivity index (χ4n) is 14.0. The zero-order chi connectivity index (χ0) is 55.5. The second-order valence-corrected chi connectivity index (χ2v) is 28.2. The summed E-state index contributed by atoms with van der Waals surface area (Å²) in [7, 11) is -8.11. The van der Waals surface area contributed by atoms with E-state index in [1.54, 1.807) is 82.3 Å². The number of benzene rings is 2. The van der Waals surface area contributed by atoms with Crippen LogP contribution in [0, 0.1) is 34.0 Å². The lowest BCUT2D eigenvalue weighted by atomic mass is 9.43. The number of ether oxygens (including phenoxy) is 2. The van der Waals surface area contributed by atoms with E-state index >= 15 is 0 Å². The van der Waals surface area contributed by atoms with Gasteiger partial charge in [-0.2, -0.15) is 27.0 Å². The van der Waals surface area contributed by atoms with Gasteiger partial charge in [0.05, 0.1) is 34.1 Å². The van der Waals surface area contributed by atoms with Crippen LogP contribution < -0.4 is 28.7 Å². The largest absolute Gasteiger partial charge is 0.476 e. The van der Waals surface area contributed by atoms with Gasteiger partial charge in [-0.1, -0.05) is 50.2 Å². The fourth-order valence-corrected chi connectivity index (χ4v) is 16.0. The van der Waals surface area contributed by atoms with Crippen molar-refractivity contribution in [3.05, 3.63) is 121 Å². The molecule has 4 aromatic heterocycles. The number of alkyl halides is 1. The molecule has 6 heterocycles. The van der Waals surface area contributed by atoms with Crippen LogP contribution >= 0.6 is 27.0 Å². The molecule has 23 heteroatoms. The van der Waals surface area contributed by atoms with E-state index in [4.69, 9.17) is 19.4 Å². The Balaban J connectivity index is 0.000000178. The Kier molecular flexibility index (Phi) is 14.8. The van der Waals surface area contributed by atoms with E-state index in [0.717, 1.165) is 12.8 Å². The summed E-state index contributed by atoms with van der Waals surface area (Å²) in [5.74, 6) is 2.76. The molecule has 14 rings (SSSR count). The maximum Gasteiger partial charge on any atom is 0.268 e. The molecule has 6 aromatic rings. The Morgan fingerprint density at radius 1 is 0.605 bits per heavy atom. The molecule has 2 N–H and O–H groups in total. The van der Waals surface area contributed by atoms with Crippen LogP contribution in [0.25, 0.3) is 11.6 Å².